The molecule has 7 heteroatoms. The minimum Gasteiger partial charge on any atom is -0.481 e. The van der Waals surface area contributed by atoms with Gasteiger partial charge in [-0.2, -0.15) is 0 Å². The van der Waals surface area contributed by atoms with E-state index in [1.165, 1.54) is 12.1 Å². The second kappa shape index (κ2) is 5.33. The van der Waals surface area contributed by atoms with Crippen molar-refractivity contribution >= 4 is 27.4 Å². The monoisotopic (exact) mass is 320 g/mol. The zero-order valence-electron chi connectivity index (χ0n) is 10.6. The largest absolute Gasteiger partial charge is 0.481 e. The zero-order valence-corrected chi connectivity index (χ0v) is 12.2. The Kier molecular flexibility index (Phi) is 4.07. The van der Waals surface area contributed by atoms with Gasteiger partial charge in [-0.1, -0.05) is 17.7 Å². The van der Waals surface area contributed by atoms with Crippen molar-refractivity contribution in [1.82, 2.24) is 0 Å². The summed E-state index contributed by atoms with van der Waals surface area (Å²) in [5.74, 6) is -2.41. The van der Waals surface area contributed by atoms with Crippen LogP contribution in [0.3, 0.4) is 0 Å². The smallest absolute Gasteiger partial charge is 0.303 e. The van der Waals surface area contributed by atoms with E-state index in [1.54, 1.807) is 0 Å². The Morgan fingerprint density at radius 2 is 2.05 bits per heavy atom. The summed E-state index contributed by atoms with van der Waals surface area (Å²) in [6, 6.07) is 3.99. The fraction of sp³-hybridized carbons (Fsp3) is 0.462. The molecule has 0 heterocycles. The maximum atomic E-state index is 13.6. The van der Waals surface area contributed by atoms with Crippen molar-refractivity contribution in [1.29, 1.82) is 0 Å². The molecule has 2 rings (SSSR count). The summed E-state index contributed by atoms with van der Waals surface area (Å²) in [6.45, 7) is 0. The highest BCUT2D eigenvalue weighted by molar-refractivity contribution is 7.90. The van der Waals surface area contributed by atoms with Gasteiger partial charge >= 0.3 is 5.97 Å². The summed E-state index contributed by atoms with van der Waals surface area (Å²) in [4.78, 5) is 10.7. The highest BCUT2D eigenvalue weighted by atomic mass is 35.5. The molecule has 4 nitrogen and oxygen atoms in total. The third-order valence-electron chi connectivity index (χ3n) is 3.44. The third kappa shape index (κ3) is 3.70. The highest BCUT2D eigenvalue weighted by Crippen LogP contribution is 2.50. The molecule has 1 aliphatic carbocycles. The second-order valence-electron chi connectivity index (χ2n) is 5.30. The molecule has 0 radical (unpaired) electrons. The molecule has 0 aliphatic heterocycles. The number of halogens is 2. The number of carbonyl (C=O) groups is 1. The summed E-state index contributed by atoms with van der Waals surface area (Å²) in [5.41, 5.74) is -0.733. The SMILES string of the molecule is O=C(O)CC1(CS(=O)(=O)Cc2c(F)cccc2Cl)CC1. The van der Waals surface area contributed by atoms with Crippen molar-refractivity contribution in [2.45, 2.75) is 25.0 Å². The van der Waals surface area contributed by atoms with E-state index >= 15 is 0 Å². The molecular weight excluding hydrogens is 307 g/mol. The lowest BCUT2D eigenvalue weighted by atomic mass is 10.1. The molecule has 1 saturated carbocycles. The minimum absolute atomic E-state index is 0.0553. The van der Waals surface area contributed by atoms with Gasteiger partial charge in [-0.3, -0.25) is 4.79 Å². The van der Waals surface area contributed by atoms with E-state index in [1.807, 2.05) is 0 Å². The van der Waals surface area contributed by atoms with E-state index in [2.05, 4.69) is 0 Å². The van der Waals surface area contributed by atoms with Crippen molar-refractivity contribution in [2.75, 3.05) is 5.75 Å². The number of sulfone groups is 1. The molecule has 1 aromatic carbocycles. The van der Waals surface area contributed by atoms with E-state index in [0.717, 1.165) is 6.07 Å². The van der Waals surface area contributed by atoms with E-state index in [0.29, 0.717) is 12.8 Å². The maximum Gasteiger partial charge on any atom is 0.303 e. The van der Waals surface area contributed by atoms with Gasteiger partial charge in [0.15, 0.2) is 9.84 Å². The normalized spacial score (nSPS) is 16.9. The molecule has 1 N–H and O–H groups in total. The summed E-state index contributed by atoms with van der Waals surface area (Å²) in [5, 5.41) is 8.85. The Bertz CT molecular complexity index is 618. The van der Waals surface area contributed by atoms with Crippen LogP contribution in [-0.2, 0) is 20.4 Å². The van der Waals surface area contributed by atoms with Crippen LogP contribution in [0, 0.1) is 11.2 Å². The molecule has 110 valence electrons. The molecule has 1 aromatic rings. The zero-order chi connectivity index (χ0) is 15.0. The fourth-order valence-electron chi connectivity index (χ4n) is 2.28. The van der Waals surface area contributed by atoms with E-state index in [4.69, 9.17) is 16.7 Å². The van der Waals surface area contributed by atoms with Crippen molar-refractivity contribution < 1.29 is 22.7 Å². The van der Waals surface area contributed by atoms with Crippen LogP contribution in [0.2, 0.25) is 5.02 Å². The number of aliphatic carboxylic acids is 1. The van der Waals surface area contributed by atoms with Crippen LogP contribution in [-0.4, -0.2) is 25.2 Å². The molecule has 0 bridgehead atoms. The Morgan fingerprint density at radius 1 is 1.40 bits per heavy atom. The molecule has 0 unspecified atom stereocenters. The summed E-state index contributed by atoms with van der Waals surface area (Å²) >= 11 is 5.81. The maximum absolute atomic E-state index is 13.6. The Morgan fingerprint density at radius 3 is 2.55 bits per heavy atom. The first kappa shape index (κ1) is 15.3. The highest BCUT2D eigenvalue weighted by Gasteiger charge is 2.47. The van der Waals surface area contributed by atoms with Gasteiger partial charge in [-0.25, -0.2) is 12.8 Å². The van der Waals surface area contributed by atoms with Gasteiger partial charge in [0.25, 0.3) is 0 Å². The molecule has 0 aromatic heterocycles. The van der Waals surface area contributed by atoms with Crippen LogP contribution in [0.25, 0.3) is 0 Å². The summed E-state index contributed by atoms with van der Waals surface area (Å²) in [6.07, 6.45) is 0.976. The third-order valence-corrected chi connectivity index (χ3v) is 5.57. The van der Waals surface area contributed by atoms with Crippen molar-refractivity contribution in [3.05, 3.63) is 34.6 Å². The Hall–Kier alpha value is -1.14. The predicted octanol–water partition coefficient (Wildman–Crippen LogP) is 2.65. The number of rotatable bonds is 6. The molecule has 20 heavy (non-hydrogen) atoms. The van der Waals surface area contributed by atoms with Gasteiger partial charge in [0.05, 0.1) is 17.9 Å². The van der Waals surface area contributed by atoms with Gasteiger partial charge in [-0.15, -0.1) is 0 Å². The van der Waals surface area contributed by atoms with Crippen molar-refractivity contribution in [3.8, 4) is 0 Å². The molecule has 1 aliphatic rings. The lowest BCUT2D eigenvalue weighted by Crippen LogP contribution is -2.22. The van der Waals surface area contributed by atoms with Crippen LogP contribution in [0.5, 0.6) is 0 Å². The lowest BCUT2D eigenvalue weighted by molar-refractivity contribution is -0.138. The van der Waals surface area contributed by atoms with Crippen LogP contribution in [0.15, 0.2) is 18.2 Å². The molecule has 1 fully saturated rings. The number of hydrogen-bond donors (Lipinski definition) is 1. The predicted molar refractivity (Wildman–Crippen MR) is 72.8 cm³/mol. The average molecular weight is 321 g/mol. The lowest BCUT2D eigenvalue weighted by Gasteiger charge is -2.13. The quantitative estimate of drug-likeness (QED) is 0.874. The standard InChI is InChI=1S/C13H14ClFO4S/c14-10-2-1-3-11(15)9(10)7-20(18,19)8-13(4-5-13)6-12(16)17/h1-3H,4-8H2,(H,16,17). The summed E-state index contributed by atoms with van der Waals surface area (Å²) in [7, 11) is -3.61. The van der Waals surface area contributed by atoms with Gasteiger partial charge in [-0.05, 0) is 30.4 Å². The summed E-state index contributed by atoms with van der Waals surface area (Å²) < 4.78 is 37.8. The number of hydrogen-bond acceptors (Lipinski definition) is 3. The van der Waals surface area contributed by atoms with E-state index in [-0.39, 0.29) is 22.8 Å². The fourth-order valence-corrected chi connectivity index (χ4v) is 4.75. The first-order chi connectivity index (χ1) is 9.23. The Labute approximate surface area is 121 Å². The van der Waals surface area contributed by atoms with Crippen LogP contribution in [0.1, 0.15) is 24.8 Å². The van der Waals surface area contributed by atoms with E-state index in [9.17, 15) is 17.6 Å². The molecule has 0 saturated heterocycles. The first-order valence-corrected chi connectivity index (χ1v) is 8.28. The topological polar surface area (TPSA) is 71.4 Å². The minimum atomic E-state index is -3.61. The first-order valence-electron chi connectivity index (χ1n) is 6.08. The van der Waals surface area contributed by atoms with Crippen LogP contribution in [0.4, 0.5) is 4.39 Å². The van der Waals surface area contributed by atoms with Gasteiger partial charge in [0.1, 0.15) is 5.82 Å². The van der Waals surface area contributed by atoms with Gasteiger partial charge in [0, 0.05) is 10.6 Å². The van der Waals surface area contributed by atoms with Crippen LogP contribution < -0.4 is 0 Å². The average Bonchev–Trinajstić information content (AvgIpc) is 3.01. The van der Waals surface area contributed by atoms with Crippen LogP contribution >= 0.6 is 11.6 Å². The van der Waals surface area contributed by atoms with Crippen molar-refractivity contribution in [3.63, 3.8) is 0 Å². The van der Waals surface area contributed by atoms with Crippen molar-refractivity contribution in [2.24, 2.45) is 5.41 Å². The second-order valence-corrected chi connectivity index (χ2v) is 7.77. The molecule has 0 amide bonds. The molecule has 0 atom stereocenters. The van der Waals surface area contributed by atoms with E-state index < -0.39 is 32.8 Å². The molecule has 0 spiro atoms. The Balaban J connectivity index is 2.14. The van der Waals surface area contributed by atoms with Gasteiger partial charge < -0.3 is 5.11 Å². The number of carboxylic acids is 1. The van der Waals surface area contributed by atoms with Gasteiger partial charge in [0.2, 0.25) is 0 Å². The molecular formula is C13H14ClFO4S. The number of benzene rings is 1. The number of carboxylic acid groups (broad SMARTS) is 1.